The van der Waals surface area contributed by atoms with Gasteiger partial charge in [-0.2, -0.15) is 30.2 Å². The minimum absolute atomic E-state index is 0.0741. The fourth-order valence-electron chi connectivity index (χ4n) is 1.97. The van der Waals surface area contributed by atoms with Crippen LogP contribution < -0.4 is 0 Å². The molecule has 0 spiro atoms. The topological polar surface area (TPSA) is 77.9 Å². The van der Waals surface area contributed by atoms with Crippen molar-refractivity contribution in [2.45, 2.75) is 38.4 Å². The molecule has 6 nitrogen and oxygen atoms in total. The predicted octanol–water partition coefficient (Wildman–Crippen LogP) is 1.30. The number of nitrogens with zero attached hydrogens (tertiary/aromatic N) is 2. The van der Waals surface area contributed by atoms with Crippen LogP contribution in [0.25, 0.3) is 0 Å². The number of carboxylic acid groups (broad SMARTS) is 1. The van der Waals surface area contributed by atoms with Crippen molar-refractivity contribution in [1.82, 2.24) is 8.61 Å². The Morgan fingerprint density at radius 2 is 1.90 bits per heavy atom. The largest absolute Gasteiger partial charge is 0.481 e. The number of hydrogen-bond donors (Lipinski definition) is 1. The van der Waals surface area contributed by atoms with Crippen LogP contribution in [-0.4, -0.2) is 60.5 Å². The molecule has 1 atom stereocenters. The first-order valence-electron chi connectivity index (χ1n) is 6.47. The summed E-state index contributed by atoms with van der Waals surface area (Å²) in [5, 5.41) is 8.55. The lowest BCUT2D eigenvalue weighted by molar-refractivity contribution is -0.140. The third kappa shape index (κ3) is 5.44. The van der Waals surface area contributed by atoms with E-state index < -0.39 is 41.4 Å². The number of halogens is 3. The normalized spacial score (nSPS) is 18.2. The van der Waals surface area contributed by atoms with Gasteiger partial charge in [-0.1, -0.05) is 0 Å². The summed E-state index contributed by atoms with van der Waals surface area (Å²) in [6, 6.07) is -0.760. The van der Waals surface area contributed by atoms with E-state index in [1.165, 1.54) is 6.92 Å². The highest BCUT2D eigenvalue weighted by Gasteiger charge is 2.44. The molecule has 10 heteroatoms. The van der Waals surface area contributed by atoms with Crippen LogP contribution in [-0.2, 0) is 15.0 Å². The van der Waals surface area contributed by atoms with Crippen molar-refractivity contribution in [3.63, 3.8) is 0 Å². The van der Waals surface area contributed by atoms with Crippen molar-refractivity contribution in [2.24, 2.45) is 5.92 Å². The van der Waals surface area contributed by atoms with Crippen molar-refractivity contribution in [3.8, 4) is 0 Å². The van der Waals surface area contributed by atoms with E-state index in [2.05, 4.69) is 0 Å². The van der Waals surface area contributed by atoms with Gasteiger partial charge in [-0.15, -0.1) is 0 Å². The maximum Gasteiger partial charge on any atom is 0.402 e. The van der Waals surface area contributed by atoms with Crippen molar-refractivity contribution in [1.29, 1.82) is 0 Å². The average Bonchev–Trinajstić information content (AvgIpc) is 3.14. The lowest BCUT2D eigenvalue weighted by atomic mass is 10.2. The van der Waals surface area contributed by atoms with Crippen molar-refractivity contribution in [2.75, 3.05) is 20.1 Å². The van der Waals surface area contributed by atoms with Gasteiger partial charge < -0.3 is 5.11 Å². The minimum Gasteiger partial charge on any atom is -0.481 e. The molecule has 1 rings (SSSR count). The molecule has 1 saturated carbocycles. The summed E-state index contributed by atoms with van der Waals surface area (Å²) in [5.41, 5.74) is 0. The first-order valence-corrected chi connectivity index (χ1v) is 7.86. The van der Waals surface area contributed by atoms with E-state index in [1.807, 2.05) is 0 Å². The highest BCUT2D eigenvalue weighted by Crippen LogP contribution is 2.37. The molecule has 1 aliphatic carbocycles. The van der Waals surface area contributed by atoms with Crippen LogP contribution >= 0.6 is 0 Å². The Labute approximate surface area is 121 Å². The molecule has 1 unspecified atom stereocenters. The Hall–Kier alpha value is -0.870. The van der Waals surface area contributed by atoms with E-state index in [9.17, 15) is 26.4 Å². The lowest BCUT2D eigenvalue weighted by Crippen LogP contribution is -2.51. The van der Waals surface area contributed by atoms with Gasteiger partial charge in [0.1, 0.15) is 6.54 Å². The summed E-state index contributed by atoms with van der Waals surface area (Å²) in [5.74, 6) is -1.29. The summed E-state index contributed by atoms with van der Waals surface area (Å²) < 4.78 is 63.5. The first-order chi connectivity index (χ1) is 9.45. The smallest absolute Gasteiger partial charge is 0.402 e. The highest BCUT2D eigenvalue weighted by atomic mass is 32.2. The van der Waals surface area contributed by atoms with Gasteiger partial charge in [-0.25, -0.2) is 0 Å². The maximum atomic E-state index is 12.6. The van der Waals surface area contributed by atoms with E-state index in [0.29, 0.717) is 21.5 Å². The molecule has 0 radical (unpaired) electrons. The zero-order chi connectivity index (χ0) is 16.4. The van der Waals surface area contributed by atoms with Gasteiger partial charge in [0.15, 0.2) is 0 Å². The molecule has 1 N–H and O–H groups in total. The van der Waals surface area contributed by atoms with E-state index >= 15 is 0 Å². The van der Waals surface area contributed by atoms with Crippen LogP contribution in [0.2, 0.25) is 0 Å². The number of carbonyl (C=O) groups is 1. The Morgan fingerprint density at radius 1 is 1.38 bits per heavy atom. The van der Waals surface area contributed by atoms with Gasteiger partial charge in [0.25, 0.3) is 10.2 Å². The third-order valence-electron chi connectivity index (χ3n) is 3.42. The van der Waals surface area contributed by atoms with Gasteiger partial charge in [-0.05, 0) is 25.7 Å². The number of carboxylic acids is 1. The van der Waals surface area contributed by atoms with Crippen LogP contribution in [0.15, 0.2) is 0 Å². The van der Waals surface area contributed by atoms with E-state index in [1.54, 1.807) is 0 Å². The van der Waals surface area contributed by atoms with Crippen molar-refractivity contribution in [3.05, 3.63) is 0 Å². The Morgan fingerprint density at radius 3 is 2.29 bits per heavy atom. The molecule has 0 aliphatic heterocycles. The van der Waals surface area contributed by atoms with Crippen molar-refractivity contribution >= 4 is 16.2 Å². The molecule has 0 aromatic rings. The van der Waals surface area contributed by atoms with Gasteiger partial charge >= 0.3 is 12.1 Å². The second-order valence-corrected chi connectivity index (χ2v) is 7.20. The summed E-state index contributed by atoms with van der Waals surface area (Å²) in [7, 11) is -3.27. The third-order valence-corrected chi connectivity index (χ3v) is 5.45. The first kappa shape index (κ1) is 18.2. The summed E-state index contributed by atoms with van der Waals surface area (Å²) >= 11 is 0. The molecular formula is C11H19F3N2O4S. The molecule has 0 aromatic heterocycles. The Kier molecular flexibility index (Phi) is 5.62. The number of hydrogen-bond acceptors (Lipinski definition) is 3. The molecule has 0 aromatic carbocycles. The number of alkyl halides is 3. The highest BCUT2D eigenvalue weighted by molar-refractivity contribution is 7.86. The van der Waals surface area contributed by atoms with E-state index in [0.717, 1.165) is 7.05 Å². The minimum atomic E-state index is -4.65. The Balaban J connectivity index is 2.90. The summed E-state index contributed by atoms with van der Waals surface area (Å²) in [6.07, 6.45) is -3.72. The van der Waals surface area contributed by atoms with Gasteiger partial charge in [0.2, 0.25) is 0 Å². The van der Waals surface area contributed by atoms with Gasteiger partial charge in [0, 0.05) is 19.6 Å². The number of rotatable bonds is 8. The van der Waals surface area contributed by atoms with Gasteiger partial charge in [0.05, 0.1) is 6.42 Å². The molecular weight excluding hydrogens is 313 g/mol. The second kappa shape index (κ2) is 6.49. The predicted molar refractivity (Wildman–Crippen MR) is 68.7 cm³/mol. The second-order valence-electron chi connectivity index (χ2n) is 5.21. The van der Waals surface area contributed by atoms with E-state index in [-0.39, 0.29) is 12.5 Å². The molecule has 0 heterocycles. The number of aliphatic carboxylic acids is 1. The van der Waals surface area contributed by atoms with Crippen LogP contribution in [0.5, 0.6) is 0 Å². The maximum absolute atomic E-state index is 12.6. The summed E-state index contributed by atoms with van der Waals surface area (Å²) in [4.78, 5) is 10.5. The average molecular weight is 332 g/mol. The monoisotopic (exact) mass is 332 g/mol. The molecule has 1 aliphatic rings. The SMILES string of the molecule is CC(C1CC1)N(CC(F)(F)F)S(=O)(=O)N(C)CCC(=O)O. The van der Waals surface area contributed by atoms with Crippen LogP contribution in [0, 0.1) is 5.92 Å². The lowest BCUT2D eigenvalue weighted by Gasteiger charge is -2.32. The quantitative estimate of drug-likeness (QED) is 0.727. The van der Waals surface area contributed by atoms with Crippen molar-refractivity contribution < 1.29 is 31.5 Å². The fraction of sp³-hybridized carbons (Fsp3) is 0.909. The zero-order valence-corrected chi connectivity index (χ0v) is 12.6. The fourth-order valence-corrected chi connectivity index (χ4v) is 3.56. The molecule has 124 valence electrons. The van der Waals surface area contributed by atoms with Crippen LogP contribution in [0.1, 0.15) is 26.2 Å². The van der Waals surface area contributed by atoms with Crippen LogP contribution in [0.4, 0.5) is 13.2 Å². The van der Waals surface area contributed by atoms with Crippen LogP contribution in [0.3, 0.4) is 0 Å². The standard InChI is InChI=1S/C11H19F3N2O4S/c1-8(9-3-4-9)16(7-11(12,13)14)21(19,20)15(2)6-5-10(17)18/h8-9H,3-7H2,1-2H3,(H,17,18). The molecule has 0 bridgehead atoms. The molecule has 0 amide bonds. The zero-order valence-electron chi connectivity index (χ0n) is 11.8. The molecule has 0 saturated heterocycles. The molecule has 1 fully saturated rings. The summed E-state index contributed by atoms with van der Waals surface area (Å²) in [6.45, 7) is -0.486. The molecule has 21 heavy (non-hydrogen) atoms. The van der Waals surface area contributed by atoms with Gasteiger partial charge in [-0.3, -0.25) is 4.79 Å². The van der Waals surface area contributed by atoms with E-state index in [4.69, 9.17) is 5.11 Å². The Bertz CT molecular complexity index is 476.